The second kappa shape index (κ2) is 17.9. The molecule has 62 heavy (non-hydrogen) atoms. The molecule has 4 aromatic rings. The van der Waals surface area contributed by atoms with Crippen LogP contribution in [0, 0.1) is 11.3 Å². The Morgan fingerprint density at radius 3 is 2.45 bits per heavy atom. The van der Waals surface area contributed by atoms with Crippen molar-refractivity contribution in [2.45, 2.75) is 76.7 Å². The SMILES string of the molecule is O=C1CCN(c2cc(C(=O)N3CCC4(CCC(CCN5CCC(n6cc(NC(=O)c7cnn8ccc(N9CCOCC9)nc78)c(C(F)F)n6)CC5)CC4)CC3)ccc2Cl)C(=O)N1. The highest BCUT2D eigenvalue weighted by Crippen LogP contribution is 2.47. The predicted molar refractivity (Wildman–Crippen MR) is 227 cm³/mol. The Hall–Kier alpha value is -5.20. The van der Waals surface area contributed by atoms with E-state index in [-0.39, 0.29) is 47.5 Å². The van der Waals surface area contributed by atoms with Crippen LogP contribution >= 0.6 is 11.6 Å². The van der Waals surface area contributed by atoms with Crippen LogP contribution in [-0.4, -0.2) is 124 Å². The van der Waals surface area contributed by atoms with Crippen LogP contribution in [-0.2, 0) is 9.53 Å². The summed E-state index contributed by atoms with van der Waals surface area (Å²) >= 11 is 6.42. The summed E-state index contributed by atoms with van der Waals surface area (Å²) in [4.78, 5) is 63.7. The Balaban J connectivity index is 0.730. The summed E-state index contributed by atoms with van der Waals surface area (Å²) in [6.07, 6.45) is 11.2. The molecule has 1 spiro atoms. The Kier molecular flexibility index (Phi) is 12.1. The highest BCUT2D eigenvalue weighted by atomic mass is 35.5. The molecular formula is C43H52ClF2N11O5. The highest BCUT2D eigenvalue weighted by Gasteiger charge is 2.39. The number of carbonyl (C=O) groups is 4. The van der Waals surface area contributed by atoms with Gasteiger partial charge in [0.2, 0.25) is 5.91 Å². The molecule has 16 nitrogen and oxygen atoms in total. The molecule has 9 rings (SSSR count). The lowest BCUT2D eigenvalue weighted by atomic mass is 9.65. The first-order chi connectivity index (χ1) is 30.0. The number of rotatable bonds is 10. The first kappa shape index (κ1) is 42.1. The van der Waals surface area contributed by atoms with Crippen molar-refractivity contribution < 1.29 is 32.7 Å². The molecule has 1 saturated carbocycles. The van der Waals surface area contributed by atoms with Gasteiger partial charge in [0.25, 0.3) is 18.2 Å². The molecule has 0 bridgehead atoms. The molecule has 5 fully saturated rings. The summed E-state index contributed by atoms with van der Waals surface area (Å²) in [5.41, 5.74) is 1.22. The maximum Gasteiger partial charge on any atom is 0.328 e. The second-order valence-electron chi connectivity index (χ2n) is 17.4. The Morgan fingerprint density at radius 1 is 0.968 bits per heavy atom. The minimum atomic E-state index is -2.86. The van der Waals surface area contributed by atoms with Crippen LogP contribution in [0.1, 0.15) is 103 Å². The quantitative estimate of drug-likeness (QED) is 0.188. The lowest BCUT2D eigenvalue weighted by Crippen LogP contribution is -2.49. The Morgan fingerprint density at radius 2 is 1.73 bits per heavy atom. The van der Waals surface area contributed by atoms with Gasteiger partial charge in [0.15, 0.2) is 11.3 Å². The van der Waals surface area contributed by atoms with E-state index in [1.807, 2.05) is 11.0 Å². The fraction of sp³-hybridized carbons (Fsp3) is 0.558. The first-order valence-electron chi connectivity index (χ1n) is 21.8. The number of piperidine rings is 2. The third-order valence-corrected chi connectivity index (χ3v) is 14.1. The molecule has 4 aliphatic heterocycles. The van der Waals surface area contributed by atoms with E-state index in [2.05, 4.69) is 35.6 Å². The minimum Gasteiger partial charge on any atom is -0.378 e. The van der Waals surface area contributed by atoms with Gasteiger partial charge in [-0.2, -0.15) is 10.2 Å². The summed E-state index contributed by atoms with van der Waals surface area (Å²) in [5, 5.41) is 13.9. The van der Waals surface area contributed by atoms with E-state index in [0.717, 1.165) is 64.6 Å². The van der Waals surface area contributed by atoms with Gasteiger partial charge in [0.05, 0.1) is 41.8 Å². The summed E-state index contributed by atoms with van der Waals surface area (Å²) in [6.45, 7) is 6.79. The van der Waals surface area contributed by atoms with Gasteiger partial charge in [-0.3, -0.25) is 29.3 Å². The molecular weight excluding hydrogens is 824 g/mol. The number of fused-ring (bicyclic) bond motifs is 1. The number of nitrogens with one attached hydrogen (secondary N) is 2. The number of imide groups is 1. The average Bonchev–Trinajstić information content (AvgIpc) is 3.92. The minimum absolute atomic E-state index is 0.0102. The zero-order valence-electron chi connectivity index (χ0n) is 34.6. The van der Waals surface area contributed by atoms with Gasteiger partial charge in [-0.05, 0) is 99.9 Å². The standard InChI is InChI=1S/C43H52ClF2N11O5/c44-32-2-1-29(25-34(32)55-17-9-36(58)50-42(55)61)41(60)54-19-12-43(13-20-54)10-3-28(4-11-43)5-14-52-15-6-30(7-16-52)57-27-33(37(51-57)38(45)46)48-40(59)31-26-47-56-18-8-35(49-39(31)56)53-21-23-62-24-22-53/h1-2,8,18,25-28,30,38H,3-7,9-17,19-24H2,(H,48,59)(H,50,58,61). The molecule has 4 saturated heterocycles. The van der Waals surface area contributed by atoms with Gasteiger partial charge in [-0.1, -0.05) is 11.6 Å². The van der Waals surface area contributed by atoms with Gasteiger partial charge in [0.1, 0.15) is 11.4 Å². The van der Waals surface area contributed by atoms with Crippen LogP contribution in [0.15, 0.2) is 42.9 Å². The highest BCUT2D eigenvalue weighted by molar-refractivity contribution is 6.34. The molecule has 5 amide bonds. The lowest BCUT2D eigenvalue weighted by molar-refractivity contribution is -0.120. The summed E-state index contributed by atoms with van der Waals surface area (Å²) in [6, 6.07) is 6.22. The summed E-state index contributed by atoms with van der Waals surface area (Å²) < 4.78 is 37.1. The molecule has 2 N–H and O–H groups in total. The van der Waals surface area contributed by atoms with E-state index < -0.39 is 24.1 Å². The third-order valence-electron chi connectivity index (χ3n) is 13.7. The van der Waals surface area contributed by atoms with E-state index in [1.54, 1.807) is 29.1 Å². The van der Waals surface area contributed by atoms with Crippen molar-refractivity contribution in [1.82, 2.24) is 39.5 Å². The molecule has 7 heterocycles. The third kappa shape index (κ3) is 8.86. The van der Waals surface area contributed by atoms with E-state index in [1.165, 1.54) is 34.7 Å². The van der Waals surface area contributed by atoms with Gasteiger partial charge in [-0.15, -0.1) is 0 Å². The molecule has 1 aliphatic carbocycles. The number of nitrogens with zero attached hydrogens (tertiary/aromatic N) is 9. The summed E-state index contributed by atoms with van der Waals surface area (Å²) in [5.74, 6) is 0.359. The number of hydrogen-bond acceptors (Lipinski definition) is 10. The smallest absolute Gasteiger partial charge is 0.328 e. The van der Waals surface area contributed by atoms with Crippen LogP contribution < -0.4 is 20.4 Å². The van der Waals surface area contributed by atoms with Crippen molar-refractivity contribution in [3.63, 3.8) is 0 Å². The van der Waals surface area contributed by atoms with Gasteiger partial charge >= 0.3 is 6.03 Å². The van der Waals surface area contributed by atoms with Crippen LogP contribution in [0.25, 0.3) is 5.65 Å². The number of ether oxygens (including phenoxy) is 1. The number of morpholine rings is 1. The molecule has 0 atom stereocenters. The first-order valence-corrected chi connectivity index (χ1v) is 22.2. The number of halogens is 3. The van der Waals surface area contributed by atoms with Crippen molar-refractivity contribution in [3.8, 4) is 0 Å². The second-order valence-corrected chi connectivity index (χ2v) is 17.8. The zero-order chi connectivity index (χ0) is 43.0. The van der Waals surface area contributed by atoms with Crippen LogP contribution in [0.2, 0.25) is 5.02 Å². The molecule has 0 radical (unpaired) electrons. The van der Waals surface area contributed by atoms with Gasteiger partial charge in [-0.25, -0.2) is 23.1 Å². The molecule has 0 unspecified atom stereocenters. The number of urea groups is 1. The zero-order valence-corrected chi connectivity index (χ0v) is 35.4. The van der Waals surface area contributed by atoms with Crippen molar-refractivity contribution in [2.24, 2.45) is 11.3 Å². The molecule has 330 valence electrons. The molecule has 3 aromatic heterocycles. The lowest BCUT2D eigenvalue weighted by Gasteiger charge is -2.46. The Labute approximate surface area is 362 Å². The largest absolute Gasteiger partial charge is 0.378 e. The van der Waals surface area contributed by atoms with Crippen LogP contribution in [0.4, 0.5) is 30.8 Å². The predicted octanol–water partition coefficient (Wildman–Crippen LogP) is 6.19. The number of amides is 5. The summed E-state index contributed by atoms with van der Waals surface area (Å²) in [7, 11) is 0. The monoisotopic (exact) mass is 875 g/mol. The number of likely N-dealkylation sites (tertiary alicyclic amines) is 2. The topological polar surface area (TPSA) is 163 Å². The fourth-order valence-electron chi connectivity index (χ4n) is 9.89. The molecule has 19 heteroatoms. The van der Waals surface area contributed by atoms with E-state index >= 15 is 0 Å². The number of benzene rings is 1. The van der Waals surface area contributed by atoms with Crippen molar-refractivity contribution in [3.05, 3.63) is 64.7 Å². The van der Waals surface area contributed by atoms with Gasteiger partial charge < -0.3 is 24.8 Å². The number of aromatic nitrogens is 5. The van der Waals surface area contributed by atoms with E-state index in [4.69, 9.17) is 16.3 Å². The number of alkyl halides is 2. The maximum atomic E-state index is 14.3. The fourth-order valence-corrected chi connectivity index (χ4v) is 10.1. The number of carbonyl (C=O) groups excluding carboxylic acids is 4. The Bertz CT molecular complexity index is 2310. The van der Waals surface area contributed by atoms with Crippen molar-refractivity contribution >= 4 is 58.2 Å². The number of anilines is 3. The normalized spacial score (nSPS) is 20.7. The molecule has 1 aromatic carbocycles. The average molecular weight is 876 g/mol. The maximum absolute atomic E-state index is 14.3. The van der Waals surface area contributed by atoms with Crippen molar-refractivity contribution in [2.75, 3.05) is 80.7 Å². The number of hydrogen-bond donors (Lipinski definition) is 2. The molecule has 5 aliphatic rings. The van der Waals surface area contributed by atoms with Crippen LogP contribution in [0.5, 0.6) is 0 Å². The van der Waals surface area contributed by atoms with E-state index in [9.17, 15) is 28.0 Å². The van der Waals surface area contributed by atoms with Crippen molar-refractivity contribution in [1.29, 1.82) is 0 Å². The van der Waals surface area contributed by atoms with Crippen LogP contribution in [0.3, 0.4) is 0 Å². The van der Waals surface area contributed by atoms with E-state index in [0.29, 0.717) is 73.0 Å². The van der Waals surface area contributed by atoms with Gasteiger partial charge in [0, 0.05) is 70.2 Å².